The molecule has 0 spiro atoms. The number of carbonyl (C=O) groups is 2. The van der Waals surface area contributed by atoms with Crippen molar-refractivity contribution < 1.29 is 24.0 Å². The highest BCUT2D eigenvalue weighted by Crippen LogP contribution is 2.05. The van der Waals surface area contributed by atoms with Crippen molar-refractivity contribution in [3.63, 3.8) is 0 Å². The van der Waals surface area contributed by atoms with E-state index in [1.54, 1.807) is 6.07 Å². The van der Waals surface area contributed by atoms with Crippen LogP contribution in [0.25, 0.3) is 0 Å². The van der Waals surface area contributed by atoms with E-state index in [1.165, 1.54) is 25.4 Å². The topological polar surface area (TPSA) is 115 Å². The second-order valence-corrected chi connectivity index (χ2v) is 4.15. The lowest BCUT2D eigenvalue weighted by Crippen LogP contribution is -2.23. The van der Waals surface area contributed by atoms with E-state index in [2.05, 4.69) is 15.5 Å². The number of hydrogen-bond acceptors (Lipinski definition) is 6. The van der Waals surface area contributed by atoms with Gasteiger partial charge in [-0.1, -0.05) is 11.2 Å². The lowest BCUT2D eigenvalue weighted by molar-refractivity contribution is 0.0690. The molecule has 2 rings (SSSR count). The molecule has 2 aromatic heterocycles. The van der Waals surface area contributed by atoms with Crippen LogP contribution in [0.1, 0.15) is 32.3 Å². The number of aromatic carboxylic acids is 1. The molecule has 2 aromatic rings. The van der Waals surface area contributed by atoms with E-state index in [0.717, 1.165) is 0 Å². The number of aromatic nitrogens is 2. The van der Waals surface area contributed by atoms with Gasteiger partial charge in [0.05, 0.1) is 0 Å². The molecule has 2 heterocycles. The SMILES string of the molecule is COCc1cc(C(=O)NCc2ccc(C(=O)O)nc2)no1. The maximum absolute atomic E-state index is 11.8. The van der Waals surface area contributed by atoms with E-state index in [4.69, 9.17) is 14.4 Å². The predicted molar refractivity (Wildman–Crippen MR) is 69.6 cm³/mol. The van der Waals surface area contributed by atoms with Crippen molar-refractivity contribution in [2.75, 3.05) is 7.11 Å². The molecule has 0 aromatic carbocycles. The number of ether oxygens (including phenoxy) is 1. The summed E-state index contributed by atoms with van der Waals surface area (Å²) >= 11 is 0. The second kappa shape index (κ2) is 6.62. The molecule has 8 heteroatoms. The molecule has 0 saturated heterocycles. The zero-order valence-electron chi connectivity index (χ0n) is 11.2. The van der Waals surface area contributed by atoms with Crippen molar-refractivity contribution in [2.45, 2.75) is 13.2 Å². The number of methoxy groups -OCH3 is 1. The van der Waals surface area contributed by atoms with Crippen molar-refractivity contribution >= 4 is 11.9 Å². The van der Waals surface area contributed by atoms with Crippen molar-refractivity contribution in [2.24, 2.45) is 0 Å². The van der Waals surface area contributed by atoms with Gasteiger partial charge < -0.3 is 19.7 Å². The monoisotopic (exact) mass is 291 g/mol. The summed E-state index contributed by atoms with van der Waals surface area (Å²) in [6, 6.07) is 4.44. The Morgan fingerprint density at radius 2 is 2.19 bits per heavy atom. The van der Waals surface area contributed by atoms with Gasteiger partial charge in [0.2, 0.25) is 0 Å². The van der Waals surface area contributed by atoms with Gasteiger partial charge in [-0.15, -0.1) is 0 Å². The maximum atomic E-state index is 11.8. The molecular weight excluding hydrogens is 278 g/mol. The summed E-state index contributed by atoms with van der Waals surface area (Å²) in [5.41, 5.74) is 0.775. The van der Waals surface area contributed by atoms with Gasteiger partial charge >= 0.3 is 5.97 Å². The van der Waals surface area contributed by atoms with Crippen LogP contribution in [0.4, 0.5) is 0 Å². The average Bonchev–Trinajstić information content (AvgIpc) is 2.94. The molecule has 0 unspecified atom stereocenters. The summed E-state index contributed by atoms with van der Waals surface area (Å²) in [6.07, 6.45) is 1.39. The van der Waals surface area contributed by atoms with Gasteiger partial charge in [0.15, 0.2) is 11.5 Å². The average molecular weight is 291 g/mol. The Morgan fingerprint density at radius 3 is 2.81 bits per heavy atom. The third kappa shape index (κ3) is 3.86. The minimum Gasteiger partial charge on any atom is -0.477 e. The molecule has 0 aliphatic carbocycles. The minimum absolute atomic E-state index is 0.0502. The van der Waals surface area contributed by atoms with E-state index >= 15 is 0 Å². The molecule has 0 aliphatic rings. The van der Waals surface area contributed by atoms with Crippen LogP contribution in [0.15, 0.2) is 28.9 Å². The normalized spacial score (nSPS) is 10.3. The molecular formula is C13H13N3O5. The molecule has 2 N–H and O–H groups in total. The van der Waals surface area contributed by atoms with Gasteiger partial charge in [0, 0.05) is 25.9 Å². The number of carboxylic acid groups (broad SMARTS) is 1. The molecule has 0 saturated carbocycles. The van der Waals surface area contributed by atoms with Crippen molar-refractivity contribution in [1.29, 1.82) is 0 Å². The number of carboxylic acids is 1. The number of nitrogens with zero attached hydrogens (tertiary/aromatic N) is 2. The molecule has 110 valence electrons. The van der Waals surface area contributed by atoms with Crippen LogP contribution in [-0.2, 0) is 17.9 Å². The van der Waals surface area contributed by atoms with Gasteiger partial charge in [-0.3, -0.25) is 4.79 Å². The molecule has 0 radical (unpaired) electrons. The van der Waals surface area contributed by atoms with Crippen molar-refractivity contribution in [3.8, 4) is 0 Å². The van der Waals surface area contributed by atoms with Crippen molar-refractivity contribution in [1.82, 2.24) is 15.5 Å². The summed E-state index contributed by atoms with van der Waals surface area (Å²) in [4.78, 5) is 26.2. The summed E-state index contributed by atoms with van der Waals surface area (Å²) < 4.78 is 9.77. The Balaban J connectivity index is 1.92. The molecule has 0 bridgehead atoms. The third-order valence-corrected chi connectivity index (χ3v) is 2.58. The Morgan fingerprint density at radius 1 is 1.38 bits per heavy atom. The van der Waals surface area contributed by atoms with E-state index in [0.29, 0.717) is 11.3 Å². The van der Waals surface area contributed by atoms with E-state index in [-0.39, 0.29) is 24.5 Å². The van der Waals surface area contributed by atoms with Crippen LogP contribution in [-0.4, -0.2) is 34.2 Å². The largest absolute Gasteiger partial charge is 0.477 e. The van der Waals surface area contributed by atoms with Crippen LogP contribution in [0.3, 0.4) is 0 Å². The van der Waals surface area contributed by atoms with Gasteiger partial charge in [0.25, 0.3) is 5.91 Å². The van der Waals surface area contributed by atoms with Crippen LogP contribution < -0.4 is 5.32 Å². The summed E-state index contributed by atoms with van der Waals surface area (Å²) in [5.74, 6) is -1.04. The fraction of sp³-hybridized carbons (Fsp3) is 0.231. The smallest absolute Gasteiger partial charge is 0.354 e. The van der Waals surface area contributed by atoms with Crippen LogP contribution in [0.5, 0.6) is 0 Å². The molecule has 0 atom stereocenters. The van der Waals surface area contributed by atoms with Gasteiger partial charge in [-0.25, -0.2) is 9.78 Å². The Labute approximate surface area is 119 Å². The summed E-state index contributed by atoms with van der Waals surface area (Å²) in [7, 11) is 1.51. The third-order valence-electron chi connectivity index (χ3n) is 2.58. The molecule has 1 amide bonds. The standard InChI is InChI=1S/C13H13N3O5/c1-20-7-9-4-11(16-21-9)12(17)15-6-8-2-3-10(13(18)19)14-5-8/h2-5H,6-7H2,1H3,(H,15,17)(H,18,19). The molecule has 21 heavy (non-hydrogen) atoms. The Kier molecular flexibility index (Phi) is 4.62. The highest BCUT2D eigenvalue weighted by Gasteiger charge is 2.12. The maximum Gasteiger partial charge on any atom is 0.354 e. The van der Waals surface area contributed by atoms with E-state index in [1.807, 2.05) is 0 Å². The first kappa shape index (κ1) is 14.7. The van der Waals surface area contributed by atoms with Gasteiger partial charge in [0.1, 0.15) is 12.3 Å². The van der Waals surface area contributed by atoms with E-state index in [9.17, 15) is 9.59 Å². The quantitative estimate of drug-likeness (QED) is 0.810. The van der Waals surface area contributed by atoms with Crippen LogP contribution in [0, 0.1) is 0 Å². The second-order valence-electron chi connectivity index (χ2n) is 4.15. The molecule has 0 fully saturated rings. The number of carbonyl (C=O) groups excluding carboxylic acids is 1. The zero-order chi connectivity index (χ0) is 15.2. The fourth-order valence-electron chi connectivity index (χ4n) is 1.56. The lowest BCUT2D eigenvalue weighted by Gasteiger charge is -2.03. The number of amides is 1. The van der Waals surface area contributed by atoms with Gasteiger partial charge in [-0.05, 0) is 11.6 Å². The first-order valence-corrected chi connectivity index (χ1v) is 6.01. The summed E-state index contributed by atoms with van der Waals surface area (Å²) in [5, 5.41) is 15.0. The minimum atomic E-state index is -1.10. The first-order chi connectivity index (χ1) is 10.1. The Bertz CT molecular complexity index is 636. The first-order valence-electron chi connectivity index (χ1n) is 6.01. The lowest BCUT2D eigenvalue weighted by atomic mass is 10.2. The number of rotatable bonds is 6. The predicted octanol–water partition coefficient (Wildman–Crippen LogP) is 0.844. The zero-order valence-corrected chi connectivity index (χ0v) is 11.2. The number of nitrogens with one attached hydrogen (secondary N) is 1. The van der Waals surface area contributed by atoms with E-state index < -0.39 is 11.9 Å². The Hall–Kier alpha value is -2.74. The van der Waals surface area contributed by atoms with Gasteiger partial charge in [-0.2, -0.15) is 0 Å². The highest BCUT2D eigenvalue weighted by atomic mass is 16.5. The number of hydrogen-bond donors (Lipinski definition) is 2. The van der Waals surface area contributed by atoms with Crippen LogP contribution in [0.2, 0.25) is 0 Å². The van der Waals surface area contributed by atoms with Crippen LogP contribution >= 0.6 is 0 Å². The van der Waals surface area contributed by atoms with Crippen molar-refractivity contribution in [3.05, 3.63) is 47.1 Å². The number of pyridine rings is 1. The molecule has 0 aliphatic heterocycles. The molecule has 8 nitrogen and oxygen atoms in total. The fourth-order valence-corrected chi connectivity index (χ4v) is 1.56. The highest BCUT2D eigenvalue weighted by molar-refractivity contribution is 5.92. The summed E-state index contributed by atoms with van der Waals surface area (Å²) in [6.45, 7) is 0.444.